The lowest BCUT2D eigenvalue weighted by molar-refractivity contribution is -0.187. The molecule has 8 heteroatoms. The molecule has 5 nitrogen and oxygen atoms in total. The molecule has 0 aliphatic rings. The lowest BCUT2D eigenvalue weighted by Crippen LogP contribution is -2.61. The minimum atomic E-state index is -4.84. The summed E-state index contributed by atoms with van der Waals surface area (Å²) >= 11 is 0. The van der Waals surface area contributed by atoms with E-state index in [-0.39, 0.29) is 13.0 Å². The summed E-state index contributed by atoms with van der Waals surface area (Å²) in [7, 11) is 0. The van der Waals surface area contributed by atoms with Crippen molar-refractivity contribution in [1.82, 2.24) is 5.32 Å². The molecule has 0 heterocycles. The first-order valence-corrected chi connectivity index (χ1v) is 4.01. The van der Waals surface area contributed by atoms with Gasteiger partial charge in [-0.25, -0.2) is 0 Å². The third kappa shape index (κ3) is 3.74. The number of nitrogens with one attached hydrogen (secondary N) is 1. The topological polar surface area (TPSA) is 98.2 Å². The summed E-state index contributed by atoms with van der Waals surface area (Å²) in [5, 5.41) is 1.88. The SMILES string of the molecule is CC(N)(C(=O)NCCC(N)=O)C(F)(F)F. The molecular weight excluding hydrogens is 215 g/mol. The Hall–Kier alpha value is -1.31. The van der Waals surface area contributed by atoms with Crippen molar-refractivity contribution >= 4 is 11.8 Å². The lowest BCUT2D eigenvalue weighted by Gasteiger charge is -2.25. The van der Waals surface area contributed by atoms with E-state index in [0.29, 0.717) is 6.92 Å². The highest BCUT2D eigenvalue weighted by Crippen LogP contribution is 2.27. The zero-order valence-corrected chi connectivity index (χ0v) is 8.02. The molecule has 0 fully saturated rings. The number of carbonyl (C=O) groups excluding carboxylic acids is 2. The van der Waals surface area contributed by atoms with Gasteiger partial charge in [-0.1, -0.05) is 0 Å². The maximum absolute atomic E-state index is 12.2. The fourth-order valence-electron chi connectivity index (χ4n) is 0.612. The molecular formula is C7H12F3N3O2. The summed E-state index contributed by atoms with van der Waals surface area (Å²) in [5.74, 6) is -2.11. The smallest absolute Gasteiger partial charge is 0.370 e. The van der Waals surface area contributed by atoms with Crippen LogP contribution in [0.4, 0.5) is 13.2 Å². The first kappa shape index (κ1) is 13.7. The predicted molar refractivity (Wildman–Crippen MR) is 45.5 cm³/mol. The summed E-state index contributed by atoms with van der Waals surface area (Å²) in [4.78, 5) is 21.2. The lowest BCUT2D eigenvalue weighted by atomic mass is 10.0. The van der Waals surface area contributed by atoms with Crippen molar-refractivity contribution in [2.45, 2.75) is 25.1 Å². The molecule has 0 spiro atoms. The van der Waals surface area contributed by atoms with E-state index in [0.717, 1.165) is 0 Å². The van der Waals surface area contributed by atoms with Crippen LogP contribution in [0.5, 0.6) is 0 Å². The van der Waals surface area contributed by atoms with E-state index < -0.39 is 23.5 Å². The molecule has 0 aromatic carbocycles. The molecule has 0 radical (unpaired) electrons. The second-order valence-electron chi connectivity index (χ2n) is 3.17. The standard InChI is InChI=1S/C7H12F3N3O2/c1-6(12,7(8,9)10)5(15)13-3-2-4(11)14/h2-3,12H2,1H3,(H2,11,14)(H,13,15). The van der Waals surface area contributed by atoms with Gasteiger partial charge in [-0.3, -0.25) is 9.59 Å². The normalized spacial score (nSPS) is 15.5. The molecule has 0 saturated carbocycles. The van der Waals surface area contributed by atoms with E-state index in [1.807, 2.05) is 5.32 Å². The second kappa shape index (κ2) is 4.47. The Balaban J connectivity index is 4.27. The molecule has 0 aromatic heterocycles. The second-order valence-corrected chi connectivity index (χ2v) is 3.17. The molecule has 0 bridgehead atoms. The van der Waals surface area contributed by atoms with Crippen molar-refractivity contribution in [2.75, 3.05) is 6.54 Å². The van der Waals surface area contributed by atoms with E-state index in [1.165, 1.54) is 0 Å². The highest BCUT2D eigenvalue weighted by molar-refractivity contribution is 5.87. The van der Waals surface area contributed by atoms with Gasteiger partial charge in [0.05, 0.1) is 0 Å². The summed E-state index contributed by atoms with van der Waals surface area (Å²) in [6.07, 6.45) is -5.08. The van der Waals surface area contributed by atoms with Crippen LogP contribution in [0, 0.1) is 0 Å². The fourth-order valence-corrected chi connectivity index (χ4v) is 0.612. The van der Waals surface area contributed by atoms with E-state index in [9.17, 15) is 22.8 Å². The minimum Gasteiger partial charge on any atom is -0.370 e. The van der Waals surface area contributed by atoms with Crippen molar-refractivity contribution in [3.05, 3.63) is 0 Å². The first-order valence-electron chi connectivity index (χ1n) is 4.01. The third-order valence-corrected chi connectivity index (χ3v) is 1.72. The number of amides is 2. The first-order chi connectivity index (χ1) is 6.59. The summed E-state index contributed by atoms with van der Waals surface area (Å²) in [6.45, 7) is 0.281. The monoisotopic (exact) mass is 227 g/mol. The van der Waals surface area contributed by atoms with Gasteiger partial charge in [0.2, 0.25) is 11.8 Å². The van der Waals surface area contributed by atoms with Crippen molar-refractivity contribution < 1.29 is 22.8 Å². The van der Waals surface area contributed by atoms with Crippen LogP contribution < -0.4 is 16.8 Å². The van der Waals surface area contributed by atoms with Crippen molar-refractivity contribution in [3.63, 3.8) is 0 Å². The highest BCUT2D eigenvalue weighted by Gasteiger charge is 2.53. The van der Waals surface area contributed by atoms with Gasteiger partial charge in [0.15, 0.2) is 5.54 Å². The molecule has 0 aliphatic heterocycles. The quantitative estimate of drug-likeness (QED) is 0.589. The molecule has 2 amide bonds. The molecule has 5 N–H and O–H groups in total. The Labute approximate surface area is 84.0 Å². The van der Waals surface area contributed by atoms with Crippen molar-refractivity contribution in [3.8, 4) is 0 Å². The van der Waals surface area contributed by atoms with Gasteiger partial charge < -0.3 is 16.8 Å². The van der Waals surface area contributed by atoms with Crippen LogP contribution in [0.25, 0.3) is 0 Å². The average molecular weight is 227 g/mol. The van der Waals surface area contributed by atoms with E-state index in [2.05, 4.69) is 0 Å². The Morgan fingerprint density at radius 1 is 1.33 bits per heavy atom. The number of alkyl halides is 3. The van der Waals surface area contributed by atoms with Gasteiger partial charge in [-0.2, -0.15) is 13.2 Å². The highest BCUT2D eigenvalue weighted by atomic mass is 19.4. The molecule has 0 aliphatic carbocycles. The third-order valence-electron chi connectivity index (χ3n) is 1.72. The molecule has 1 atom stereocenters. The van der Waals surface area contributed by atoms with Crippen LogP contribution in [0.15, 0.2) is 0 Å². The fraction of sp³-hybridized carbons (Fsp3) is 0.714. The van der Waals surface area contributed by atoms with Gasteiger partial charge in [-0.15, -0.1) is 0 Å². The number of primary amides is 1. The number of hydrogen-bond acceptors (Lipinski definition) is 3. The van der Waals surface area contributed by atoms with Crippen LogP contribution in [0.3, 0.4) is 0 Å². The number of rotatable bonds is 4. The zero-order valence-electron chi connectivity index (χ0n) is 8.02. The number of carbonyl (C=O) groups is 2. The van der Waals surface area contributed by atoms with E-state index in [1.54, 1.807) is 0 Å². The van der Waals surface area contributed by atoms with Gasteiger partial charge in [0.1, 0.15) is 0 Å². The summed E-state index contributed by atoms with van der Waals surface area (Å²) < 4.78 is 36.6. The van der Waals surface area contributed by atoms with Crippen LogP contribution in [-0.4, -0.2) is 30.1 Å². The molecule has 0 aromatic rings. The number of nitrogens with two attached hydrogens (primary N) is 2. The molecule has 1 unspecified atom stereocenters. The van der Waals surface area contributed by atoms with Crippen LogP contribution >= 0.6 is 0 Å². The summed E-state index contributed by atoms with van der Waals surface area (Å²) in [6, 6.07) is 0. The number of hydrogen-bond donors (Lipinski definition) is 3. The Morgan fingerprint density at radius 3 is 2.13 bits per heavy atom. The number of halogens is 3. The molecule has 15 heavy (non-hydrogen) atoms. The van der Waals surface area contributed by atoms with E-state index >= 15 is 0 Å². The van der Waals surface area contributed by atoms with Gasteiger partial charge in [-0.05, 0) is 6.92 Å². The predicted octanol–water partition coefficient (Wildman–Crippen LogP) is -0.742. The average Bonchev–Trinajstić information content (AvgIpc) is 2.01. The van der Waals surface area contributed by atoms with Crippen LogP contribution in [0.1, 0.15) is 13.3 Å². The largest absolute Gasteiger partial charge is 0.415 e. The Bertz CT molecular complexity index is 263. The van der Waals surface area contributed by atoms with Gasteiger partial charge in [0.25, 0.3) is 0 Å². The maximum atomic E-state index is 12.2. The molecule has 88 valence electrons. The van der Waals surface area contributed by atoms with Crippen molar-refractivity contribution in [2.24, 2.45) is 11.5 Å². The van der Waals surface area contributed by atoms with Gasteiger partial charge >= 0.3 is 6.18 Å². The Kier molecular flexibility index (Phi) is 4.08. The van der Waals surface area contributed by atoms with Crippen molar-refractivity contribution in [1.29, 1.82) is 0 Å². The zero-order chi connectivity index (χ0) is 12.3. The van der Waals surface area contributed by atoms with Gasteiger partial charge in [0, 0.05) is 13.0 Å². The van der Waals surface area contributed by atoms with Crippen LogP contribution in [-0.2, 0) is 9.59 Å². The van der Waals surface area contributed by atoms with E-state index in [4.69, 9.17) is 11.5 Å². The summed E-state index contributed by atoms with van der Waals surface area (Å²) in [5.41, 5.74) is 6.56. The molecule has 0 saturated heterocycles. The Morgan fingerprint density at radius 2 is 1.80 bits per heavy atom. The molecule has 0 rings (SSSR count). The maximum Gasteiger partial charge on any atom is 0.415 e. The minimum absolute atomic E-state index is 0.236. The van der Waals surface area contributed by atoms with Crippen LogP contribution in [0.2, 0.25) is 0 Å².